The monoisotopic (exact) mass is 377 g/mol. The molecule has 0 spiro atoms. The largest absolute Gasteiger partial charge is 0.371 e. The molecule has 0 unspecified atom stereocenters. The fourth-order valence-corrected chi connectivity index (χ4v) is 4.18. The van der Waals surface area contributed by atoms with Crippen molar-refractivity contribution in [1.29, 1.82) is 0 Å². The first-order valence-electron chi connectivity index (χ1n) is 9.88. The van der Waals surface area contributed by atoms with Crippen molar-refractivity contribution in [3.63, 3.8) is 0 Å². The molecule has 146 valence electrons. The molecule has 1 aliphatic rings. The minimum Gasteiger partial charge on any atom is -0.371 e. The van der Waals surface area contributed by atoms with Crippen molar-refractivity contribution in [3.05, 3.63) is 56.5 Å². The number of aryl methyl sites for hydroxylation is 2. The van der Waals surface area contributed by atoms with Gasteiger partial charge in [-0.05, 0) is 56.9 Å². The van der Waals surface area contributed by atoms with E-state index in [0.717, 1.165) is 22.5 Å². The maximum Gasteiger partial charge on any atom is 0.253 e. The normalized spacial score (nSPS) is 14.3. The number of anilines is 1. The van der Waals surface area contributed by atoms with E-state index < -0.39 is 0 Å². The summed E-state index contributed by atoms with van der Waals surface area (Å²) in [6.45, 7) is 5.86. The number of pyridine rings is 1. The molecule has 1 heterocycles. The van der Waals surface area contributed by atoms with Crippen LogP contribution in [0.4, 0.5) is 5.69 Å². The Bertz CT molecular complexity index is 946. The van der Waals surface area contributed by atoms with E-state index >= 15 is 0 Å². The molecule has 1 saturated carbocycles. The third-order valence-corrected chi connectivity index (χ3v) is 5.82. The molecule has 6 heteroatoms. The molecule has 5 nitrogen and oxygen atoms in total. The summed E-state index contributed by atoms with van der Waals surface area (Å²) in [5.41, 5.74) is 5.13. The van der Waals surface area contributed by atoms with Gasteiger partial charge in [-0.25, -0.2) is 0 Å². The molecule has 0 aliphatic heterocycles. The smallest absolute Gasteiger partial charge is 0.253 e. The molecule has 2 radical (unpaired) electrons. The lowest BCUT2D eigenvalue weighted by atomic mass is 9.90. The van der Waals surface area contributed by atoms with Gasteiger partial charge >= 0.3 is 0 Å². The van der Waals surface area contributed by atoms with Crippen LogP contribution in [0, 0.1) is 20.8 Å². The summed E-state index contributed by atoms with van der Waals surface area (Å²) in [5.74, 6) is -0.217. The summed E-state index contributed by atoms with van der Waals surface area (Å²) in [6, 6.07) is 6.05. The van der Waals surface area contributed by atoms with Crippen molar-refractivity contribution in [1.82, 2.24) is 10.3 Å². The summed E-state index contributed by atoms with van der Waals surface area (Å²) >= 11 is 0. The molecule has 2 aromatic rings. The number of carbonyl (C=O) groups is 1. The predicted octanol–water partition coefficient (Wildman–Crippen LogP) is 2.40. The Balaban J connectivity index is 1.83. The third-order valence-electron chi connectivity index (χ3n) is 5.82. The Kier molecular flexibility index (Phi) is 5.97. The zero-order chi connectivity index (χ0) is 20.4. The van der Waals surface area contributed by atoms with Crippen molar-refractivity contribution in [2.45, 2.75) is 59.0 Å². The van der Waals surface area contributed by atoms with Crippen LogP contribution < -0.4 is 21.2 Å². The van der Waals surface area contributed by atoms with Gasteiger partial charge in [-0.3, -0.25) is 9.59 Å². The van der Waals surface area contributed by atoms with Gasteiger partial charge in [-0.15, -0.1) is 0 Å². The van der Waals surface area contributed by atoms with Gasteiger partial charge in [0.05, 0.1) is 0 Å². The molecule has 3 rings (SSSR count). The van der Waals surface area contributed by atoms with Crippen molar-refractivity contribution in [2.75, 3.05) is 11.9 Å². The highest BCUT2D eigenvalue weighted by Gasteiger charge is 2.23. The minimum atomic E-state index is -0.217. The number of hydrogen-bond acceptors (Lipinski definition) is 3. The summed E-state index contributed by atoms with van der Waals surface area (Å²) in [4.78, 5) is 30.1. The van der Waals surface area contributed by atoms with Crippen LogP contribution in [0.5, 0.6) is 0 Å². The minimum absolute atomic E-state index is 0.163. The Morgan fingerprint density at radius 3 is 2.54 bits per heavy atom. The van der Waals surface area contributed by atoms with Gasteiger partial charge in [0.15, 0.2) is 0 Å². The lowest BCUT2D eigenvalue weighted by Crippen LogP contribution is -2.32. The summed E-state index contributed by atoms with van der Waals surface area (Å²) < 4.78 is 0. The number of rotatable bonds is 5. The molecule has 1 amide bonds. The fourth-order valence-electron chi connectivity index (χ4n) is 4.18. The second kappa shape index (κ2) is 8.25. The van der Waals surface area contributed by atoms with E-state index in [0.29, 0.717) is 22.6 Å². The maximum atomic E-state index is 12.9. The quantitative estimate of drug-likeness (QED) is 0.787. The first-order valence-corrected chi connectivity index (χ1v) is 9.88. The second-order valence-corrected chi connectivity index (χ2v) is 7.89. The first kappa shape index (κ1) is 20.2. The number of benzene rings is 1. The molecule has 0 bridgehead atoms. The topological polar surface area (TPSA) is 65.2 Å². The number of nitrogens with one attached hydrogen (secondary N) is 2. The average molecular weight is 377 g/mol. The number of carbonyl (C=O) groups excluding carboxylic acids is 1. The number of hydrogen-bond donors (Lipinski definition) is 2. The number of aromatic nitrogens is 1. The van der Waals surface area contributed by atoms with Crippen molar-refractivity contribution in [3.8, 4) is 0 Å². The number of nitrogens with zero attached hydrogens (tertiary/aromatic N) is 1. The van der Waals surface area contributed by atoms with E-state index in [1.165, 1.54) is 25.7 Å². The lowest BCUT2D eigenvalue weighted by molar-refractivity contribution is 0.0950. The average Bonchev–Trinajstić information content (AvgIpc) is 3.16. The van der Waals surface area contributed by atoms with Crippen LogP contribution in [-0.2, 0) is 6.54 Å². The zero-order valence-corrected chi connectivity index (χ0v) is 17.2. The van der Waals surface area contributed by atoms with Crippen LogP contribution >= 0.6 is 0 Å². The maximum absolute atomic E-state index is 12.9. The molecular formula is C22H28BN3O2. The van der Waals surface area contributed by atoms with Gasteiger partial charge in [-0.2, -0.15) is 0 Å². The van der Waals surface area contributed by atoms with Crippen molar-refractivity contribution >= 4 is 24.9 Å². The second-order valence-electron chi connectivity index (χ2n) is 7.89. The highest BCUT2D eigenvalue weighted by molar-refractivity contribution is 6.33. The van der Waals surface area contributed by atoms with Crippen molar-refractivity contribution < 1.29 is 4.79 Å². The summed E-state index contributed by atoms with van der Waals surface area (Å²) in [7, 11) is 8.19. The van der Waals surface area contributed by atoms with Crippen LogP contribution in [-0.4, -0.2) is 31.8 Å². The predicted molar refractivity (Wildman–Crippen MR) is 115 cm³/mol. The Labute approximate surface area is 168 Å². The number of H-pyrrole nitrogens is 1. The van der Waals surface area contributed by atoms with E-state index in [9.17, 15) is 9.59 Å². The highest BCUT2D eigenvalue weighted by Crippen LogP contribution is 2.29. The van der Waals surface area contributed by atoms with Crippen LogP contribution in [0.15, 0.2) is 23.0 Å². The van der Waals surface area contributed by atoms with Crippen LogP contribution in [0.25, 0.3) is 0 Å². The first-order chi connectivity index (χ1) is 13.3. The van der Waals surface area contributed by atoms with Crippen LogP contribution in [0.2, 0.25) is 0 Å². The van der Waals surface area contributed by atoms with E-state index in [1.54, 1.807) is 6.07 Å². The van der Waals surface area contributed by atoms with Gasteiger partial charge < -0.3 is 15.2 Å². The van der Waals surface area contributed by atoms with E-state index in [-0.39, 0.29) is 18.0 Å². The molecule has 0 saturated heterocycles. The number of amides is 1. The van der Waals surface area contributed by atoms with E-state index in [1.807, 2.05) is 32.9 Å². The Morgan fingerprint density at radius 1 is 1.21 bits per heavy atom. The molecule has 28 heavy (non-hydrogen) atoms. The van der Waals surface area contributed by atoms with E-state index in [2.05, 4.69) is 22.2 Å². The SMILES string of the molecule is [B]c1cc(C(=O)NCc2c(C)cc(C)[nH]c2=O)c(C)c(N(C)C2CCCC2)c1. The standard InChI is InChI=1S/C22H28BN3O2/c1-13-9-14(2)25-22(28)19(13)12-24-21(27)18-10-16(23)11-20(15(18)3)26(4)17-7-5-6-8-17/h9-11,17H,5-8,12H2,1-4H3,(H,24,27)(H,25,28). The van der Waals surface area contributed by atoms with Gasteiger partial charge in [0.2, 0.25) is 0 Å². The number of aromatic amines is 1. The molecule has 1 fully saturated rings. The van der Waals surface area contributed by atoms with Crippen LogP contribution in [0.1, 0.15) is 58.4 Å². The molecule has 0 atom stereocenters. The van der Waals surface area contributed by atoms with Gasteiger partial charge in [-0.1, -0.05) is 24.4 Å². The lowest BCUT2D eigenvalue weighted by Gasteiger charge is -2.29. The molecule has 2 N–H and O–H groups in total. The molecule has 1 aromatic carbocycles. The van der Waals surface area contributed by atoms with Gasteiger partial charge in [0.25, 0.3) is 11.5 Å². The highest BCUT2D eigenvalue weighted by atomic mass is 16.1. The van der Waals surface area contributed by atoms with E-state index in [4.69, 9.17) is 7.85 Å². The van der Waals surface area contributed by atoms with Gasteiger partial charge in [0.1, 0.15) is 7.85 Å². The van der Waals surface area contributed by atoms with Crippen molar-refractivity contribution in [2.24, 2.45) is 0 Å². The molecule has 1 aromatic heterocycles. The summed E-state index contributed by atoms with van der Waals surface area (Å²) in [6.07, 6.45) is 4.83. The Morgan fingerprint density at radius 2 is 1.89 bits per heavy atom. The fraction of sp³-hybridized carbons (Fsp3) is 0.455. The van der Waals surface area contributed by atoms with Crippen LogP contribution in [0.3, 0.4) is 0 Å². The summed E-state index contributed by atoms with van der Waals surface area (Å²) in [5, 5.41) is 2.89. The Hall–Kier alpha value is -2.50. The third kappa shape index (κ3) is 4.16. The molecular weight excluding hydrogens is 349 g/mol. The zero-order valence-electron chi connectivity index (χ0n) is 17.2. The van der Waals surface area contributed by atoms with Gasteiger partial charge in [0, 0.05) is 42.1 Å². The molecule has 1 aliphatic carbocycles.